The summed E-state index contributed by atoms with van der Waals surface area (Å²) in [7, 11) is 0. The summed E-state index contributed by atoms with van der Waals surface area (Å²) in [5.74, 6) is 1.78. The van der Waals surface area contributed by atoms with Crippen molar-refractivity contribution in [2.45, 2.75) is 19.4 Å². The first-order chi connectivity index (χ1) is 8.24. The number of rotatable bonds is 1. The highest BCUT2D eigenvalue weighted by molar-refractivity contribution is 5.57. The molecule has 88 valence electrons. The monoisotopic (exact) mass is 230 g/mol. The minimum atomic E-state index is 0.254. The Morgan fingerprint density at radius 1 is 1.35 bits per heavy atom. The quantitative estimate of drug-likeness (QED) is 0.786. The zero-order chi connectivity index (χ0) is 11.8. The topological polar surface area (TPSA) is 63.0 Å². The van der Waals surface area contributed by atoms with Crippen molar-refractivity contribution in [3.63, 3.8) is 0 Å². The molecule has 1 aliphatic rings. The Bertz CT molecular complexity index is 532. The summed E-state index contributed by atoms with van der Waals surface area (Å²) in [6.07, 6.45) is 1.06. The molecule has 0 fully saturated rings. The van der Waals surface area contributed by atoms with Crippen LogP contribution in [0.2, 0.25) is 0 Å². The van der Waals surface area contributed by atoms with Gasteiger partial charge in [-0.25, -0.2) is 4.68 Å². The van der Waals surface area contributed by atoms with Gasteiger partial charge in [-0.3, -0.25) is 0 Å². The summed E-state index contributed by atoms with van der Waals surface area (Å²) in [5, 5.41) is 17.0. The van der Waals surface area contributed by atoms with E-state index in [1.54, 1.807) is 12.1 Å². The molecule has 2 N–H and O–H groups in total. The van der Waals surface area contributed by atoms with E-state index in [1.165, 1.54) is 0 Å². The van der Waals surface area contributed by atoms with Crippen LogP contribution in [0.4, 0.5) is 5.95 Å². The van der Waals surface area contributed by atoms with Crippen LogP contribution in [0.25, 0.3) is 11.4 Å². The van der Waals surface area contributed by atoms with Gasteiger partial charge in [0.25, 0.3) is 0 Å². The normalized spacial score (nSPS) is 18.5. The minimum Gasteiger partial charge on any atom is -0.508 e. The Hall–Kier alpha value is -2.04. The minimum absolute atomic E-state index is 0.254. The van der Waals surface area contributed by atoms with Gasteiger partial charge in [-0.1, -0.05) is 0 Å². The van der Waals surface area contributed by atoms with Gasteiger partial charge in [-0.15, -0.1) is 5.10 Å². The average molecular weight is 230 g/mol. The number of nitrogens with zero attached hydrogens (tertiary/aromatic N) is 3. The smallest absolute Gasteiger partial charge is 0.221 e. The van der Waals surface area contributed by atoms with Crippen LogP contribution in [0.1, 0.15) is 19.4 Å². The summed E-state index contributed by atoms with van der Waals surface area (Å²) in [5.41, 5.74) is 0.915. The molecule has 1 atom stereocenters. The van der Waals surface area contributed by atoms with Crippen molar-refractivity contribution in [3.8, 4) is 17.1 Å². The molecular weight excluding hydrogens is 216 g/mol. The summed E-state index contributed by atoms with van der Waals surface area (Å²) >= 11 is 0. The Balaban J connectivity index is 2.02. The highest BCUT2D eigenvalue weighted by atomic mass is 16.3. The molecule has 5 heteroatoms. The molecule has 0 amide bonds. The van der Waals surface area contributed by atoms with Crippen LogP contribution in [-0.2, 0) is 0 Å². The van der Waals surface area contributed by atoms with Gasteiger partial charge in [0.05, 0.1) is 6.04 Å². The van der Waals surface area contributed by atoms with E-state index in [-0.39, 0.29) is 5.75 Å². The molecule has 1 aliphatic heterocycles. The zero-order valence-corrected chi connectivity index (χ0v) is 9.59. The highest BCUT2D eigenvalue weighted by Gasteiger charge is 2.19. The molecule has 0 spiro atoms. The molecule has 1 unspecified atom stereocenters. The third-order valence-corrected chi connectivity index (χ3v) is 3.02. The van der Waals surface area contributed by atoms with E-state index < -0.39 is 0 Å². The van der Waals surface area contributed by atoms with E-state index >= 15 is 0 Å². The van der Waals surface area contributed by atoms with Crippen molar-refractivity contribution in [2.75, 3.05) is 11.9 Å². The molecule has 1 aromatic carbocycles. The number of phenolic OH excluding ortho intramolecular Hbond substituents is 1. The molecule has 1 aromatic heterocycles. The summed E-state index contributed by atoms with van der Waals surface area (Å²) in [4.78, 5) is 4.46. The van der Waals surface area contributed by atoms with Gasteiger partial charge in [0.1, 0.15) is 5.75 Å². The number of hydrogen-bond acceptors (Lipinski definition) is 4. The molecule has 0 saturated heterocycles. The number of hydrogen-bond donors (Lipinski definition) is 2. The van der Waals surface area contributed by atoms with Gasteiger partial charge in [0.15, 0.2) is 5.82 Å². The number of fused-ring (bicyclic) bond motifs is 1. The fourth-order valence-electron chi connectivity index (χ4n) is 2.00. The Morgan fingerprint density at radius 3 is 2.82 bits per heavy atom. The average Bonchev–Trinajstić information content (AvgIpc) is 2.75. The first kappa shape index (κ1) is 10.1. The van der Waals surface area contributed by atoms with Gasteiger partial charge >= 0.3 is 0 Å². The molecule has 2 heterocycles. The number of nitrogens with one attached hydrogen (secondary N) is 1. The molecule has 0 bridgehead atoms. The van der Waals surface area contributed by atoms with Crippen LogP contribution < -0.4 is 5.32 Å². The van der Waals surface area contributed by atoms with Crippen molar-refractivity contribution < 1.29 is 5.11 Å². The second kappa shape index (κ2) is 3.76. The van der Waals surface area contributed by atoms with Crippen LogP contribution in [0.15, 0.2) is 24.3 Å². The second-order valence-electron chi connectivity index (χ2n) is 4.31. The fraction of sp³-hybridized carbons (Fsp3) is 0.333. The Kier molecular flexibility index (Phi) is 2.24. The van der Waals surface area contributed by atoms with Crippen molar-refractivity contribution >= 4 is 5.95 Å². The molecule has 2 aromatic rings. The number of aromatic hydroxyl groups is 1. The SMILES string of the molecule is CC1CCNc2nc(-c3ccc(O)cc3)nn21. The van der Waals surface area contributed by atoms with Crippen LogP contribution in [0.3, 0.4) is 0 Å². The maximum atomic E-state index is 9.25. The molecule has 17 heavy (non-hydrogen) atoms. The third kappa shape index (κ3) is 1.73. The van der Waals surface area contributed by atoms with Crippen LogP contribution in [-0.4, -0.2) is 26.4 Å². The van der Waals surface area contributed by atoms with Crippen molar-refractivity contribution in [2.24, 2.45) is 0 Å². The largest absolute Gasteiger partial charge is 0.508 e. The van der Waals surface area contributed by atoms with Gasteiger partial charge < -0.3 is 10.4 Å². The van der Waals surface area contributed by atoms with E-state index in [0.717, 1.165) is 24.5 Å². The van der Waals surface area contributed by atoms with E-state index in [4.69, 9.17) is 0 Å². The first-order valence-electron chi connectivity index (χ1n) is 5.74. The maximum absolute atomic E-state index is 9.25. The van der Waals surface area contributed by atoms with E-state index in [2.05, 4.69) is 22.3 Å². The lowest BCUT2D eigenvalue weighted by Gasteiger charge is -2.20. The van der Waals surface area contributed by atoms with Crippen molar-refractivity contribution in [3.05, 3.63) is 24.3 Å². The number of anilines is 1. The molecule has 0 aliphatic carbocycles. The van der Waals surface area contributed by atoms with E-state index in [9.17, 15) is 5.11 Å². The number of benzene rings is 1. The van der Waals surface area contributed by atoms with Crippen molar-refractivity contribution in [1.82, 2.24) is 14.8 Å². The van der Waals surface area contributed by atoms with Crippen LogP contribution in [0, 0.1) is 0 Å². The predicted octanol–water partition coefficient (Wildman–Crippen LogP) is 2.03. The first-order valence-corrected chi connectivity index (χ1v) is 5.74. The maximum Gasteiger partial charge on any atom is 0.221 e. The lowest BCUT2D eigenvalue weighted by molar-refractivity contribution is 0.452. The van der Waals surface area contributed by atoms with Gasteiger partial charge in [-0.05, 0) is 37.6 Å². The van der Waals surface area contributed by atoms with Crippen LogP contribution in [0.5, 0.6) is 5.75 Å². The van der Waals surface area contributed by atoms with Gasteiger partial charge in [0.2, 0.25) is 5.95 Å². The van der Waals surface area contributed by atoms with Crippen molar-refractivity contribution in [1.29, 1.82) is 0 Å². The lowest BCUT2D eigenvalue weighted by Crippen LogP contribution is -2.21. The van der Waals surface area contributed by atoms with Crippen LogP contribution >= 0.6 is 0 Å². The van der Waals surface area contributed by atoms with E-state index in [0.29, 0.717) is 11.9 Å². The molecular formula is C12H14N4O. The fourth-order valence-corrected chi connectivity index (χ4v) is 2.00. The summed E-state index contributed by atoms with van der Waals surface area (Å²) in [6, 6.07) is 7.31. The predicted molar refractivity (Wildman–Crippen MR) is 64.9 cm³/mol. The number of phenols is 1. The zero-order valence-electron chi connectivity index (χ0n) is 9.59. The lowest BCUT2D eigenvalue weighted by atomic mass is 10.2. The Labute approximate surface area is 99.1 Å². The number of aromatic nitrogens is 3. The van der Waals surface area contributed by atoms with Gasteiger partial charge in [-0.2, -0.15) is 4.98 Å². The Morgan fingerprint density at radius 2 is 2.12 bits per heavy atom. The molecule has 5 nitrogen and oxygen atoms in total. The van der Waals surface area contributed by atoms with E-state index in [1.807, 2.05) is 16.8 Å². The molecule has 3 rings (SSSR count). The summed E-state index contributed by atoms with van der Waals surface area (Å²) < 4.78 is 1.92. The highest BCUT2D eigenvalue weighted by Crippen LogP contribution is 2.25. The second-order valence-corrected chi connectivity index (χ2v) is 4.31. The molecule has 0 radical (unpaired) electrons. The summed E-state index contributed by atoms with van der Waals surface area (Å²) in [6.45, 7) is 3.08. The standard InChI is InChI=1S/C12H14N4O/c1-8-6-7-13-12-14-11(15-16(8)12)9-2-4-10(17)5-3-9/h2-5,8,17H,6-7H2,1H3,(H,13,14,15). The third-order valence-electron chi connectivity index (χ3n) is 3.02. The van der Waals surface area contributed by atoms with Gasteiger partial charge in [0, 0.05) is 12.1 Å². The molecule has 0 saturated carbocycles.